The van der Waals surface area contributed by atoms with Crippen LogP contribution >= 0.6 is 0 Å². The van der Waals surface area contributed by atoms with E-state index in [0.29, 0.717) is 0 Å². The molecule has 0 saturated heterocycles. The first kappa shape index (κ1) is 14.4. The molecular weight excluding hydrogens is 218 g/mol. The number of nitrogens with two attached hydrogens (primary N) is 1. The molecule has 1 unspecified atom stereocenters. The number of likely N-dealkylation sites (N-methyl/N-ethyl adjacent to an activating group) is 2. The van der Waals surface area contributed by atoms with Gasteiger partial charge in [0.15, 0.2) is 0 Å². The number of carbonyl (C=O) groups is 1. The van der Waals surface area contributed by atoms with Gasteiger partial charge in [0.05, 0.1) is 12.6 Å². The molecule has 0 heterocycles. The number of rotatable bonds is 10. The van der Waals surface area contributed by atoms with Crippen LogP contribution in [-0.4, -0.2) is 57.2 Å². The quantitative estimate of drug-likeness (QED) is 0.522. The highest BCUT2D eigenvalue weighted by molar-refractivity contribution is 5.79. The van der Waals surface area contributed by atoms with Crippen molar-refractivity contribution < 1.29 is 9.53 Å². The van der Waals surface area contributed by atoms with Crippen molar-refractivity contribution in [3.05, 3.63) is 0 Å². The van der Waals surface area contributed by atoms with Crippen LogP contribution < -0.4 is 11.1 Å². The number of hydrogen-bond acceptors (Lipinski definition) is 4. The average molecular weight is 243 g/mol. The highest BCUT2D eigenvalue weighted by Crippen LogP contribution is 2.28. The normalized spacial score (nSPS) is 17.4. The minimum absolute atomic E-state index is 0.232. The van der Waals surface area contributed by atoms with Crippen LogP contribution in [0.2, 0.25) is 0 Å². The molecule has 100 valence electrons. The number of hydrogen-bond donors (Lipinski definition) is 2. The highest BCUT2D eigenvalue weighted by Gasteiger charge is 2.21. The molecule has 0 radical (unpaired) electrons. The van der Waals surface area contributed by atoms with Gasteiger partial charge in [-0.05, 0) is 45.8 Å². The SMILES string of the molecule is CNC(CCN(C)CCOCC1CC1)C(N)=O. The van der Waals surface area contributed by atoms with Crippen molar-refractivity contribution in [3.8, 4) is 0 Å². The molecule has 1 rings (SSSR count). The van der Waals surface area contributed by atoms with E-state index in [-0.39, 0.29) is 11.9 Å². The van der Waals surface area contributed by atoms with E-state index in [1.807, 2.05) is 7.05 Å². The van der Waals surface area contributed by atoms with Crippen LogP contribution in [0.25, 0.3) is 0 Å². The van der Waals surface area contributed by atoms with Gasteiger partial charge in [0.1, 0.15) is 0 Å². The second-order valence-electron chi connectivity index (χ2n) is 4.85. The molecule has 0 aromatic rings. The summed E-state index contributed by atoms with van der Waals surface area (Å²) in [5.74, 6) is 0.537. The second kappa shape index (κ2) is 7.63. The van der Waals surface area contributed by atoms with E-state index in [2.05, 4.69) is 10.2 Å². The third kappa shape index (κ3) is 6.61. The molecule has 3 N–H and O–H groups in total. The molecule has 0 aromatic carbocycles. The van der Waals surface area contributed by atoms with Gasteiger partial charge in [0.2, 0.25) is 5.91 Å². The Hall–Kier alpha value is -0.650. The lowest BCUT2D eigenvalue weighted by Gasteiger charge is -2.19. The summed E-state index contributed by atoms with van der Waals surface area (Å²) in [6.45, 7) is 3.44. The monoisotopic (exact) mass is 243 g/mol. The van der Waals surface area contributed by atoms with Crippen molar-refractivity contribution in [2.75, 3.05) is 40.4 Å². The van der Waals surface area contributed by atoms with Gasteiger partial charge in [-0.3, -0.25) is 4.79 Å². The Morgan fingerprint density at radius 3 is 2.76 bits per heavy atom. The van der Waals surface area contributed by atoms with Crippen molar-refractivity contribution in [2.24, 2.45) is 11.7 Å². The Balaban J connectivity index is 1.98. The summed E-state index contributed by atoms with van der Waals surface area (Å²) in [5.41, 5.74) is 5.25. The summed E-state index contributed by atoms with van der Waals surface area (Å²) in [6, 6.07) is -0.232. The molecule has 17 heavy (non-hydrogen) atoms. The van der Waals surface area contributed by atoms with Gasteiger partial charge in [-0.1, -0.05) is 0 Å². The third-order valence-electron chi connectivity index (χ3n) is 3.16. The zero-order valence-electron chi connectivity index (χ0n) is 10.9. The first-order valence-corrected chi connectivity index (χ1v) is 6.36. The first-order valence-electron chi connectivity index (χ1n) is 6.36. The van der Waals surface area contributed by atoms with Gasteiger partial charge in [-0.25, -0.2) is 0 Å². The van der Waals surface area contributed by atoms with Gasteiger partial charge < -0.3 is 20.7 Å². The minimum atomic E-state index is -0.286. The Labute approximate surface area is 104 Å². The summed E-state index contributed by atoms with van der Waals surface area (Å²) in [6.07, 6.45) is 3.40. The number of amides is 1. The maximum atomic E-state index is 11.0. The van der Waals surface area contributed by atoms with E-state index in [1.165, 1.54) is 12.8 Å². The molecular formula is C12H25N3O2. The van der Waals surface area contributed by atoms with Crippen LogP contribution in [0.1, 0.15) is 19.3 Å². The van der Waals surface area contributed by atoms with Crippen LogP contribution in [0.5, 0.6) is 0 Å². The highest BCUT2D eigenvalue weighted by atomic mass is 16.5. The Morgan fingerprint density at radius 1 is 1.53 bits per heavy atom. The van der Waals surface area contributed by atoms with E-state index in [0.717, 1.165) is 38.6 Å². The van der Waals surface area contributed by atoms with Crippen LogP contribution in [-0.2, 0) is 9.53 Å². The molecule has 5 heteroatoms. The standard InChI is InChI=1S/C12H25N3O2/c1-14-11(12(13)16)5-6-15(2)7-8-17-9-10-3-4-10/h10-11,14H,3-9H2,1-2H3,(H2,13,16). The van der Waals surface area contributed by atoms with Gasteiger partial charge in [0.25, 0.3) is 0 Å². The fourth-order valence-corrected chi connectivity index (χ4v) is 1.65. The molecule has 1 atom stereocenters. The smallest absolute Gasteiger partial charge is 0.234 e. The summed E-state index contributed by atoms with van der Waals surface area (Å²) in [7, 11) is 3.79. The molecule has 1 fully saturated rings. The van der Waals surface area contributed by atoms with Gasteiger partial charge >= 0.3 is 0 Å². The first-order chi connectivity index (χ1) is 8.13. The molecule has 5 nitrogen and oxygen atoms in total. The van der Waals surface area contributed by atoms with E-state index < -0.39 is 0 Å². The Morgan fingerprint density at radius 2 is 2.24 bits per heavy atom. The molecule has 1 amide bonds. The number of primary amides is 1. The summed E-state index contributed by atoms with van der Waals surface area (Å²) < 4.78 is 5.56. The van der Waals surface area contributed by atoms with Crippen molar-refractivity contribution in [1.29, 1.82) is 0 Å². The fraction of sp³-hybridized carbons (Fsp3) is 0.917. The molecule has 1 aliphatic rings. The van der Waals surface area contributed by atoms with E-state index in [1.54, 1.807) is 7.05 Å². The zero-order valence-corrected chi connectivity index (χ0v) is 10.9. The van der Waals surface area contributed by atoms with Crippen molar-refractivity contribution in [1.82, 2.24) is 10.2 Å². The Kier molecular flexibility index (Phi) is 6.47. The fourth-order valence-electron chi connectivity index (χ4n) is 1.65. The van der Waals surface area contributed by atoms with Crippen LogP contribution in [0.4, 0.5) is 0 Å². The average Bonchev–Trinajstić information content (AvgIpc) is 3.08. The van der Waals surface area contributed by atoms with E-state index in [4.69, 9.17) is 10.5 Å². The molecule has 1 aliphatic carbocycles. The predicted molar refractivity (Wildman–Crippen MR) is 67.7 cm³/mol. The lowest BCUT2D eigenvalue weighted by atomic mass is 10.2. The van der Waals surface area contributed by atoms with Crippen molar-refractivity contribution in [3.63, 3.8) is 0 Å². The second-order valence-corrected chi connectivity index (χ2v) is 4.85. The summed E-state index contributed by atoms with van der Waals surface area (Å²) >= 11 is 0. The van der Waals surface area contributed by atoms with Gasteiger partial charge in [-0.2, -0.15) is 0 Å². The lowest BCUT2D eigenvalue weighted by molar-refractivity contribution is -0.120. The zero-order chi connectivity index (χ0) is 12.7. The number of nitrogens with zero attached hydrogens (tertiary/aromatic N) is 1. The maximum Gasteiger partial charge on any atom is 0.234 e. The number of nitrogens with one attached hydrogen (secondary N) is 1. The topological polar surface area (TPSA) is 67.6 Å². The van der Waals surface area contributed by atoms with Gasteiger partial charge in [0, 0.05) is 13.2 Å². The van der Waals surface area contributed by atoms with Crippen LogP contribution in [0.3, 0.4) is 0 Å². The predicted octanol–water partition coefficient (Wildman–Crippen LogP) is -0.192. The molecule has 0 aromatic heterocycles. The van der Waals surface area contributed by atoms with Crippen molar-refractivity contribution in [2.45, 2.75) is 25.3 Å². The van der Waals surface area contributed by atoms with Crippen LogP contribution in [0, 0.1) is 5.92 Å². The van der Waals surface area contributed by atoms with Crippen LogP contribution in [0.15, 0.2) is 0 Å². The number of ether oxygens (including phenoxy) is 1. The minimum Gasteiger partial charge on any atom is -0.380 e. The lowest BCUT2D eigenvalue weighted by Crippen LogP contribution is -2.41. The third-order valence-corrected chi connectivity index (χ3v) is 3.16. The van der Waals surface area contributed by atoms with Crippen molar-refractivity contribution >= 4 is 5.91 Å². The largest absolute Gasteiger partial charge is 0.380 e. The summed E-state index contributed by atoms with van der Waals surface area (Å²) in [4.78, 5) is 13.2. The van der Waals surface area contributed by atoms with Gasteiger partial charge in [-0.15, -0.1) is 0 Å². The molecule has 1 saturated carbocycles. The van der Waals surface area contributed by atoms with E-state index >= 15 is 0 Å². The Bertz CT molecular complexity index is 232. The number of carbonyl (C=O) groups excluding carboxylic acids is 1. The van der Waals surface area contributed by atoms with E-state index in [9.17, 15) is 4.79 Å². The molecule has 0 aliphatic heterocycles. The summed E-state index contributed by atoms with van der Waals surface area (Å²) in [5, 5.41) is 2.91. The maximum absolute atomic E-state index is 11.0. The molecule has 0 spiro atoms. The molecule has 0 bridgehead atoms.